The Bertz CT molecular complexity index is 1120. The summed E-state index contributed by atoms with van der Waals surface area (Å²) < 4.78 is 8.55. The van der Waals surface area contributed by atoms with E-state index in [4.69, 9.17) is 9.57 Å². The number of methoxy groups -OCH3 is 1. The second-order valence-electron chi connectivity index (χ2n) is 6.53. The minimum Gasteiger partial charge on any atom is -0.495 e. The van der Waals surface area contributed by atoms with Gasteiger partial charge in [-0.15, -0.1) is 0 Å². The van der Waals surface area contributed by atoms with Gasteiger partial charge in [-0.25, -0.2) is 4.98 Å². The molecule has 158 valence electrons. The maximum atomic E-state index is 12.7. The first kappa shape index (κ1) is 21.6. The number of hydrogen-bond donors (Lipinski definition) is 2. The van der Waals surface area contributed by atoms with Crippen molar-refractivity contribution in [1.82, 2.24) is 13.9 Å². The molecule has 1 aromatic heterocycles. The highest BCUT2D eigenvalue weighted by Crippen LogP contribution is 2.30. The first-order valence-corrected chi connectivity index (χ1v) is 9.80. The number of anilines is 2. The van der Waals surface area contributed by atoms with E-state index in [1.54, 1.807) is 24.3 Å². The van der Waals surface area contributed by atoms with Crippen LogP contribution in [0.2, 0.25) is 0 Å². The van der Waals surface area contributed by atoms with E-state index in [9.17, 15) is 9.59 Å². The minimum absolute atomic E-state index is 0.173. The first-order valence-electron chi connectivity index (χ1n) is 9.02. The van der Waals surface area contributed by atoms with Crippen LogP contribution in [0.15, 0.2) is 52.4 Å². The lowest BCUT2D eigenvalue weighted by molar-refractivity contribution is -0.116. The van der Waals surface area contributed by atoms with Gasteiger partial charge in [-0.05, 0) is 62.4 Å². The van der Waals surface area contributed by atoms with Crippen LogP contribution in [0.3, 0.4) is 0 Å². The number of amides is 1. The second kappa shape index (κ2) is 9.61. The maximum Gasteiger partial charge on any atom is 0.261 e. The van der Waals surface area contributed by atoms with Crippen molar-refractivity contribution in [2.24, 2.45) is 0 Å². The Hall–Kier alpha value is -3.08. The fourth-order valence-corrected chi connectivity index (χ4v) is 3.57. The molecule has 0 unspecified atom stereocenters. The zero-order valence-electron chi connectivity index (χ0n) is 17.1. The number of fused-ring (bicyclic) bond motifs is 1. The molecule has 0 saturated carbocycles. The summed E-state index contributed by atoms with van der Waals surface area (Å²) in [6, 6.07) is 10.6. The van der Waals surface area contributed by atoms with Crippen molar-refractivity contribution in [2.45, 2.75) is 11.4 Å². The van der Waals surface area contributed by atoms with Crippen molar-refractivity contribution in [1.29, 1.82) is 0 Å². The molecule has 0 radical (unpaired) electrons. The van der Waals surface area contributed by atoms with Gasteiger partial charge in [-0.2, -0.15) is 0 Å². The lowest BCUT2D eigenvalue weighted by Crippen LogP contribution is -2.28. The van der Waals surface area contributed by atoms with E-state index in [0.29, 0.717) is 28.0 Å². The standard InChI is InChI=1S/C20H23N5O4S/c1-24(2)30-14-6-8-18(28-3)17(10-14)22-19(26)11-25-12-21-16-9-13(23-29-4)5-7-15(16)20(25)27/h5-10,12,23H,11H2,1-4H3,(H,22,26). The summed E-state index contributed by atoms with van der Waals surface area (Å²) >= 11 is 1.52. The normalized spacial score (nSPS) is 11.0. The largest absolute Gasteiger partial charge is 0.495 e. The van der Waals surface area contributed by atoms with Gasteiger partial charge in [-0.1, -0.05) is 0 Å². The summed E-state index contributed by atoms with van der Waals surface area (Å²) in [5.41, 5.74) is 4.11. The zero-order chi connectivity index (χ0) is 21.7. The molecule has 0 bridgehead atoms. The number of ether oxygens (including phenoxy) is 1. The molecule has 3 rings (SSSR count). The van der Waals surface area contributed by atoms with Crippen LogP contribution in [-0.4, -0.2) is 48.1 Å². The lowest BCUT2D eigenvalue weighted by atomic mass is 10.2. The molecular weight excluding hydrogens is 406 g/mol. The number of rotatable bonds is 8. The summed E-state index contributed by atoms with van der Waals surface area (Å²) in [5.74, 6) is 0.176. The lowest BCUT2D eigenvalue weighted by Gasteiger charge is -2.14. The highest BCUT2D eigenvalue weighted by molar-refractivity contribution is 7.97. The third-order valence-electron chi connectivity index (χ3n) is 4.09. The Morgan fingerprint density at radius 1 is 1.20 bits per heavy atom. The van der Waals surface area contributed by atoms with Crippen LogP contribution in [0.5, 0.6) is 5.75 Å². The molecule has 10 heteroatoms. The summed E-state index contributed by atoms with van der Waals surface area (Å²) in [5, 5.41) is 3.23. The third kappa shape index (κ3) is 5.09. The Morgan fingerprint density at radius 3 is 2.70 bits per heavy atom. The Morgan fingerprint density at radius 2 is 2.00 bits per heavy atom. The van der Waals surface area contributed by atoms with Gasteiger partial charge in [0.05, 0.1) is 42.8 Å². The van der Waals surface area contributed by atoms with Crippen molar-refractivity contribution in [3.05, 3.63) is 53.1 Å². The molecule has 0 saturated heterocycles. The highest BCUT2D eigenvalue weighted by atomic mass is 32.2. The zero-order valence-corrected chi connectivity index (χ0v) is 17.9. The molecular formula is C20H23N5O4S. The van der Waals surface area contributed by atoms with Crippen molar-refractivity contribution in [3.8, 4) is 5.75 Å². The number of nitrogens with one attached hydrogen (secondary N) is 2. The molecule has 9 nitrogen and oxygen atoms in total. The molecule has 0 aliphatic heterocycles. The van der Waals surface area contributed by atoms with E-state index < -0.39 is 0 Å². The predicted octanol–water partition coefficient (Wildman–Crippen LogP) is 2.59. The van der Waals surface area contributed by atoms with E-state index >= 15 is 0 Å². The van der Waals surface area contributed by atoms with Gasteiger partial charge in [-0.3, -0.25) is 28.8 Å². The predicted molar refractivity (Wildman–Crippen MR) is 118 cm³/mol. The molecule has 0 aliphatic rings. The maximum absolute atomic E-state index is 12.7. The molecule has 2 aromatic carbocycles. The van der Waals surface area contributed by atoms with Gasteiger partial charge in [0.2, 0.25) is 5.91 Å². The highest BCUT2D eigenvalue weighted by Gasteiger charge is 2.12. The molecule has 1 amide bonds. The average molecular weight is 430 g/mol. The Kier molecular flexibility index (Phi) is 6.93. The van der Waals surface area contributed by atoms with E-state index in [1.165, 1.54) is 37.1 Å². The first-order chi connectivity index (χ1) is 14.4. The van der Waals surface area contributed by atoms with Crippen LogP contribution in [0, 0.1) is 0 Å². The summed E-state index contributed by atoms with van der Waals surface area (Å²) in [4.78, 5) is 35.4. The Balaban J connectivity index is 1.81. The second-order valence-corrected chi connectivity index (χ2v) is 7.91. The topological polar surface area (TPSA) is 97.7 Å². The van der Waals surface area contributed by atoms with E-state index in [0.717, 1.165) is 4.90 Å². The molecule has 2 N–H and O–H groups in total. The van der Waals surface area contributed by atoms with Crippen LogP contribution >= 0.6 is 11.9 Å². The molecule has 0 fully saturated rings. The summed E-state index contributed by atoms with van der Waals surface area (Å²) in [6.45, 7) is -0.173. The summed E-state index contributed by atoms with van der Waals surface area (Å²) in [7, 11) is 6.90. The van der Waals surface area contributed by atoms with Gasteiger partial charge in [0.15, 0.2) is 0 Å². The van der Waals surface area contributed by atoms with Crippen LogP contribution < -0.4 is 21.1 Å². The molecule has 0 aliphatic carbocycles. The van der Waals surface area contributed by atoms with Crippen LogP contribution in [-0.2, 0) is 16.2 Å². The third-order valence-corrected chi connectivity index (χ3v) is 4.92. The van der Waals surface area contributed by atoms with Gasteiger partial charge < -0.3 is 10.1 Å². The van der Waals surface area contributed by atoms with Gasteiger partial charge >= 0.3 is 0 Å². The van der Waals surface area contributed by atoms with Crippen molar-refractivity contribution in [2.75, 3.05) is 39.1 Å². The number of carbonyl (C=O) groups is 1. The molecule has 1 heterocycles. The number of nitrogens with zero attached hydrogens (tertiary/aromatic N) is 3. The molecule has 3 aromatic rings. The minimum atomic E-state index is -0.360. The van der Waals surface area contributed by atoms with E-state index in [1.807, 2.05) is 30.5 Å². The number of carbonyl (C=O) groups excluding carboxylic acids is 1. The average Bonchev–Trinajstić information content (AvgIpc) is 2.70. The van der Waals surface area contributed by atoms with Gasteiger partial charge in [0, 0.05) is 4.90 Å². The van der Waals surface area contributed by atoms with Crippen LogP contribution in [0.1, 0.15) is 0 Å². The smallest absolute Gasteiger partial charge is 0.261 e. The summed E-state index contributed by atoms with van der Waals surface area (Å²) in [6.07, 6.45) is 1.36. The molecule has 0 atom stereocenters. The number of benzene rings is 2. The van der Waals surface area contributed by atoms with Crippen LogP contribution in [0.25, 0.3) is 10.9 Å². The quantitative estimate of drug-likeness (QED) is 0.417. The van der Waals surface area contributed by atoms with E-state index in [2.05, 4.69) is 15.8 Å². The van der Waals surface area contributed by atoms with Crippen molar-refractivity contribution < 1.29 is 14.4 Å². The van der Waals surface area contributed by atoms with Crippen LogP contribution in [0.4, 0.5) is 11.4 Å². The monoisotopic (exact) mass is 429 g/mol. The fourth-order valence-electron chi connectivity index (χ4n) is 2.85. The fraction of sp³-hybridized carbons (Fsp3) is 0.250. The Labute approximate surface area is 178 Å². The van der Waals surface area contributed by atoms with Gasteiger partial charge in [0.1, 0.15) is 12.3 Å². The SMILES string of the molecule is CONc1ccc2c(=O)n(CC(=O)Nc3cc(SN(C)C)ccc3OC)cnc2c1. The van der Waals surface area contributed by atoms with Crippen molar-refractivity contribution >= 4 is 40.1 Å². The number of aromatic nitrogens is 2. The molecule has 30 heavy (non-hydrogen) atoms. The van der Waals surface area contributed by atoms with Crippen molar-refractivity contribution in [3.63, 3.8) is 0 Å². The van der Waals surface area contributed by atoms with E-state index in [-0.39, 0.29) is 18.0 Å². The van der Waals surface area contributed by atoms with Gasteiger partial charge in [0.25, 0.3) is 5.56 Å². The number of hydrogen-bond acceptors (Lipinski definition) is 8. The molecule has 0 spiro atoms.